The SMILES string of the molecule is Cc1cc2ncn(C(c3ccc(Br)s3)C(C)N)c2cc1C. The van der Waals surface area contributed by atoms with Gasteiger partial charge in [0.1, 0.15) is 0 Å². The third-order valence-electron chi connectivity index (χ3n) is 3.87. The molecule has 1 aromatic carbocycles. The predicted molar refractivity (Wildman–Crippen MR) is 93.0 cm³/mol. The fourth-order valence-corrected chi connectivity index (χ4v) is 4.28. The van der Waals surface area contributed by atoms with Crippen molar-refractivity contribution < 1.29 is 0 Å². The third kappa shape index (κ3) is 2.65. The predicted octanol–water partition coefficient (Wildman–Crippen LogP) is 4.41. The minimum absolute atomic E-state index is 0.00885. The maximum Gasteiger partial charge on any atom is 0.0964 e. The summed E-state index contributed by atoms with van der Waals surface area (Å²) in [6.45, 7) is 6.30. The van der Waals surface area contributed by atoms with E-state index in [9.17, 15) is 0 Å². The van der Waals surface area contributed by atoms with Crippen LogP contribution in [-0.4, -0.2) is 15.6 Å². The maximum atomic E-state index is 6.27. The number of imidazole rings is 1. The van der Waals surface area contributed by atoms with Gasteiger partial charge in [-0.2, -0.15) is 0 Å². The Kier molecular flexibility index (Phi) is 3.90. The summed E-state index contributed by atoms with van der Waals surface area (Å²) >= 11 is 5.26. The topological polar surface area (TPSA) is 43.8 Å². The molecule has 0 bridgehead atoms. The summed E-state index contributed by atoms with van der Waals surface area (Å²) in [7, 11) is 0. The van der Waals surface area contributed by atoms with Crippen molar-refractivity contribution in [2.75, 3.05) is 0 Å². The number of rotatable bonds is 3. The molecule has 0 saturated carbocycles. The smallest absolute Gasteiger partial charge is 0.0964 e. The molecule has 2 aromatic heterocycles. The Bertz CT molecular complexity index is 788. The van der Waals surface area contributed by atoms with E-state index in [1.165, 1.54) is 16.0 Å². The van der Waals surface area contributed by atoms with Crippen molar-refractivity contribution >= 4 is 38.3 Å². The molecule has 0 spiro atoms. The van der Waals surface area contributed by atoms with E-state index in [0.29, 0.717) is 0 Å². The van der Waals surface area contributed by atoms with Crippen molar-refractivity contribution in [1.82, 2.24) is 9.55 Å². The highest BCUT2D eigenvalue weighted by Crippen LogP contribution is 2.33. The van der Waals surface area contributed by atoms with E-state index in [4.69, 9.17) is 5.73 Å². The maximum absolute atomic E-state index is 6.27. The first-order valence-electron chi connectivity index (χ1n) is 6.92. The van der Waals surface area contributed by atoms with Crippen LogP contribution in [0.3, 0.4) is 0 Å². The average Bonchev–Trinajstić information content (AvgIpc) is 2.99. The van der Waals surface area contributed by atoms with E-state index in [-0.39, 0.29) is 12.1 Å². The van der Waals surface area contributed by atoms with Crippen LogP contribution in [0.5, 0.6) is 0 Å². The monoisotopic (exact) mass is 363 g/mol. The number of benzene rings is 1. The van der Waals surface area contributed by atoms with Gasteiger partial charge in [-0.1, -0.05) is 0 Å². The zero-order valence-electron chi connectivity index (χ0n) is 12.3. The fourth-order valence-electron chi connectivity index (χ4n) is 2.64. The molecule has 0 aliphatic rings. The molecule has 2 unspecified atom stereocenters. The van der Waals surface area contributed by atoms with Crippen LogP contribution >= 0.6 is 27.3 Å². The highest BCUT2D eigenvalue weighted by atomic mass is 79.9. The lowest BCUT2D eigenvalue weighted by Gasteiger charge is -2.22. The zero-order chi connectivity index (χ0) is 15.1. The number of nitrogens with two attached hydrogens (primary N) is 1. The van der Waals surface area contributed by atoms with Crippen LogP contribution in [-0.2, 0) is 0 Å². The van der Waals surface area contributed by atoms with Crippen molar-refractivity contribution in [3.63, 3.8) is 0 Å². The molecule has 110 valence electrons. The number of aromatic nitrogens is 2. The summed E-state index contributed by atoms with van der Waals surface area (Å²) in [4.78, 5) is 5.80. The van der Waals surface area contributed by atoms with E-state index in [0.717, 1.165) is 14.8 Å². The standard InChI is InChI=1S/C16H18BrN3S/c1-9-6-12-13(7-10(9)2)20(8-19-12)16(11(3)18)14-4-5-15(17)21-14/h4-8,11,16H,18H2,1-3H3. The molecular weight excluding hydrogens is 346 g/mol. The van der Waals surface area contributed by atoms with Crippen LogP contribution in [0.2, 0.25) is 0 Å². The Morgan fingerprint density at radius 2 is 1.95 bits per heavy atom. The van der Waals surface area contributed by atoms with Gasteiger partial charge in [0.05, 0.1) is 27.2 Å². The van der Waals surface area contributed by atoms with Gasteiger partial charge in [0.25, 0.3) is 0 Å². The summed E-state index contributed by atoms with van der Waals surface area (Å²) in [6, 6.07) is 8.67. The van der Waals surface area contributed by atoms with Gasteiger partial charge < -0.3 is 10.3 Å². The van der Waals surface area contributed by atoms with Gasteiger partial charge in [-0.05, 0) is 72.1 Å². The molecule has 0 amide bonds. The lowest BCUT2D eigenvalue weighted by atomic mass is 10.1. The van der Waals surface area contributed by atoms with Gasteiger partial charge in [0, 0.05) is 10.9 Å². The number of hydrogen-bond donors (Lipinski definition) is 1. The third-order valence-corrected chi connectivity index (χ3v) is 5.57. The lowest BCUT2D eigenvalue weighted by molar-refractivity contribution is 0.514. The van der Waals surface area contributed by atoms with Crippen LogP contribution in [0.15, 0.2) is 34.4 Å². The minimum Gasteiger partial charge on any atom is -0.326 e. The Morgan fingerprint density at radius 3 is 2.57 bits per heavy atom. The quantitative estimate of drug-likeness (QED) is 0.748. The summed E-state index contributed by atoms with van der Waals surface area (Å²) in [5.74, 6) is 0. The van der Waals surface area contributed by atoms with Gasteiger partial charge in [0.15, 0.2) is 0 Å². The molecule has 2 heterocycles. The van der Waals surface area contributed by atoms with Crippen molar-refractivity contribution in [3.8, 4) is 0 Å². The number of fused-ring (bicyclic) bond motifs is 1. The first-order chi connectivity index (χ1) is 9.97. The van der Waals surface area contributed by atoms with Crippen molar-refractivity contribution in [1.29, 1.82) is 0 Å². The molecule has 0 aliphatic carbocycles. The van der Waals surface area contributed by atoms with Crippen molar-refractivity contribution in [3.05, 3.63) is 50.4 Å². The van der Waals surface area contributed by atoms with Crippen LogP contribution < -0.4 is 5.73 Å². The van der Waals surface area contributed by atoms with Gasteiger partial charge >= 0.3 is 0 Å². The van der Waals surface area contributed by atoms with E-state index in [1.54, 1.807) is 11.3 Å². The number of thiophene rings is 1. The summed E-state index contributed by atoms with van der Waals surface area (Å²) in [5, 5.41) is 0. The van der Waals surface area contributed by atoms with E-state index in [1.807, 2.05) is 13.3 Å². The highest BCUT2D eigenvalue weighted by molar-refractivity contribution is 9.11. The lowest BCUT2D eigenvalue weighted by Crippen LogP contribution is -2.29. The second-order valence-corrected chi connectivity index (χ2v) is 8.02. The Morgan fingerprint density at radius 1 is 1.24 bits per heavy atom. The number of aryl methyl sites for hydroxylation is 2. The number of nitrogens with zero attached hydrogens (tertiary/aromatic N) is 2. The van der Waals surface area contributed by atoms with Crippen molar-refractivity contribution in [2.45, 2.75) is 32.9 Å². The zero-order valence-corrected chi connectivity index (χ0v) is 14.7. The Hall–Kier alpha value is -1.17. The molecule has 0 radical (unpaired) electrons. The number of halogens is 1. The van der Waals surface area contributed by atoms with Crippen LogP contribution in [0.1, 0.15) is 29.0 Å². The molecule has 3 rings (SSSR count). The largest absolute Gasteiger partial charge is 0.326 e. The second-order valence-electron chi connectivity index (χ2n) is 5.52. The molecule has 3 nitrogen and oxygen atoms in total. The Labute approximate surface area is 136 Å². The Balaban J connectivity index is 2.18. The molecule has 5 heteroatoms. The van der Waals surface area contributed by atoms with Gasteiger partial charge in [-0.15, -0.1) is 11.3 Å². The van der Waals surface area contributed by atoms with Crippen molar-refractivity contribution in [2.24, 2.45) is 5.73 Å². The summed E-state index contributed by atoms with van der Waals surface area (Å²) in [6.07, 6.45) is 1.91. The molecule has 2 atom stereocenters. The molecule has 2 N–H and O–H groups in total. The first-order valence-corrected chi connectivity index (χ1v) is 8.53. The molecule has 0 fully saturated rings. The fraction of sp³-hybridized carbons (Fsp3) is 0.312. The molecule has 0 saturated heterocycles. The first kappa shape index (κ1) is 14.8. The summed E-state index contributed by atoms with van der Waals surface area (Å²) in [5.41, 5.74) is 11.0. The molecular formula is C16H18BrN3S. The minimum atomic E-state index is 0.00885. The van der Waals surface area contributed by atoms with E-state index >= 15 is 0 Å². The number of hydrogen-bond acceptors (Lipinski definition) is 3. The summed E-state index contributed by atoms with van der Waals surface area (Å²) < 4.78 is 3.32. The normalized spacial score (nSPS) is 14.5. The van der Waals surface area contributed by atoms with E-state index in [2.05, 4.69) is 63.6 Å². The van der Waals surface area contributed by atoms with Crippen LogP contribution in [0.25, 0.3) is 11.0 Å². The van der Waals surface area contributed by atoms with Gasteiger partial charge in [0.2, 0.25) is 0 Å². The van der Waals surface area contributed by atoms with Gasteiger partial charge in [-0.25, -0.2) is 4.98 Å². The average molecular weight is 364 g/mol. The van der Waals surface area contributed by atoms with Gasteiger partial charge in [-0.3, -0.25) is 0 Å². The van der Waals surface area contributed by atoms with Crippen LogP contribution in [0, 0.1) is 13.8 Å². The molecule has 0 aliphatic heterocycles. The highest BCUT2D eigenvalue weighted by Gasteiger charge is 2.22. The van der Waals surface area contributed by atoms with Crippen LogP contribution in [0.4, 0.5) is 0 Å². The van der Waals surface area contributed by atoms with E-state index < -0.39 is 0 Å². The molecule has 3 aromatic rings. The second kappa shape index (κ2) is 5.55. The molecule has 21 heavy (non-hydrogen) atoms.